The van der Waals surface area contributed by atoms with Gasteiger partial charge < -0.3 is 26.6 Å². The minimum Gasteiger partial charge on any atom is -0.355 e. The van der Waals surface area contributed by atoms with E-state index < -0.39 is 17.5 Å². The van der Waals surface area contributed by atoms with E-state index >= 15 is 0 Å². The van der Waals surface area contributed by atoms with E-state index in [9.17, 15) is 19.2 Å². The van der Waals surface area contributed by atoms with Gasteiger partial charge in [-0.15, -0.1) is 12.4 Å². The summed E-state index contributed by atoms with van der Waals surface area (Å²) < 4.78 is 0. The highest BCUT2D eigenvalue weighted by molar-refractivity contribution is 5.94. The van der Waals surface area contributed by atoms with Crippen LogP contribution in [0.1, 0.15) is 40.5 Å². The Morgan fingerprint density at radius 1 is 0.963 bits per heavy atom. The molecule has 1 aliphatic rings. The lowest BCUT2D eigenvalue weighted by Crippen LogP contribution is -2.53. The first-order valence-electron chi connectivity index (χ1n) is 9.12. The highest BCUT2D eigenvalue weighted by Gasteiger charge is 2.44. The number of nitrogens with one attached hydrogen (secondary N) is 5. The molecule has 0 aromatic heterocycles. The first-order valence-corrected chi connectivity index (χ1v) is 9.12. The van der Waals surface area contributed by atoms with Crippen LogP contribution >= 0.6 is 12.4 Å². The second-order valence-corrected chi connectivity index (χ2v) is 6.66. The molecule has 0 spiro atoms. The van der Waals surface area contributed by atoms with Gasteiger partial charge in [0.25, 0.3) is 0 Å². The Kier molecular flexibility index (Phi) is 10.9. The molecule has 1 heterocycles. The topological polar surface area (TPSA) is 128 Å². The second-order valence-electron chi connectivity index (χ2n) is 6.66. The van der Waals surface area contributed by atoms with Crippen molar-refractivity contribution in [3.05, 3.63) is 0 Å². The van der Waals surface area contributed by atoms with Crippen LogP contribution in [-0.4, -0.2) is 61.9 Å². The van der Waals surface area contributed by atoms with E-state index in [2.05, 4.69) is 26.6 Å². The fourth-order valence-corrected chi connectivity index (χ4v) is 2.90. The van der Waals surface area contributed by atoms with E-state index in [1.807, 2.05) is 0 Å². The Morgan fingerprint density at radius 2 is 1.48 bits per heavy atom. The van der Waals surface area contributed by atoms with Crippen molar-refractivity contribution in [3.8, 4) is 0 Å². The molecule has 1 fully saturated rings. The molecule has 4 amide bonds. The summed E-state index contributed by atoms with van der Waals surface area (Å²) in [6, 6.07) is -1.36. The molecule has 1 rings (SSSR count). The molecular formula is C17H32ClN5O4. The van der Waals surface area contributed by atoms with Crippen molar-refractivity contribution >= 4 is 36.0 Å². The van der Waals surface area contributed by atoms with Crippen LogP contribution in [0.4, 0.5) is 0 Å². The summed E-state index contributed by atoms with van der Waals surface area (Å²) in [5.41, 5.74) is -0.925. The van der Waals surface area contributed by atoms with Crippen LogP contribution in [0.15, 0.2) is 0 Å². The van der Waals surface area contributed by atoms with Crippen molar-refractivity contribution in [3.63, 3.8) is 0 Å². The van der Waals surface area contributed by atoms with E-state index in [1.165, 1.54) is 0 Å². The third-order valence-electron chi connectivity index (χ3n) is 4.44. The van der Waals surface area contributed by atoms with Crippen LogP contribution in [0.25, 0.3) is 0 Å². The summed E-state index contributed by atoms with van der Waals surface area (Å²) in [6.07, 6.45) is 0.446. The predicted molar refractivity (Wildman–Crippen MR) is 104 cm³/mol. The maximum Gasteiger partial charge on any atom is 0.242 e. The van der Waals surface area contributed by atoms with Crippen LogP contribution in [0, 0.1) is 5.41 Å². The lowest BCUT2D eigenvalue weighted by molar-refractivity contribution is -0.138. The van der Waals surface area contributed by atoms with Crippen molar-refractivity contribution in [1.82, 2.24) is 26.6 Å². The Balaban J connectivity index is 0.00000676. The summed E-state index contributed by atoms with van der Waals surface area (Å²) in [6.45, 7) is 8.72. The number of amides is 4. The number of halogens is 1. The molecular weight excluding hydrogens is 374 g/mol. The van der Waals surface area contributed by atoms with Gasteiger partial charge in [-0.2, -0.15) is 0 Å². The number of carbonyl (C=O) groups is 4. The molecule has 1 saturated heterocycles. The van der Waals surface area contributed by atoms with E-state index in [-0.39, 0.29) is 42.5 Å². The van der Waals surface area contributed by atoms with Gasteiger partial charge in [0, 0.05) is 26.1 Å². The van der Waals surface area contributed by atoms with E-state index in [0.29, 0.717) is 32.6 Å². The normalized spacial score (nSPS) is 20.6. The van der Waals surface area contributed by atoms with Crippen LogP contribution < -0.4 is 26.6 Å². The summed E-state index contributed by atoms with van der Waals surface area (Å²) >= 11 is 0. The molecule has 0 aromatic carbocycles. The Bertz CT molecular complexity index is 537. The molecule has 0 saturated carbocycles. The number of rotatable bonds is 9. The largest absolute Gasteiger partial charge is 0.355 e. The number of carbonyl (C=O) groups excluding carboxylic acids is 4. The molecule has 0 aromatic rings. The van der Waals surface area contributed by atoms with Gasteiger partial charge in [-0.25, -0.2) is 0 Å². The van der Waals surface area contributed by atoms with E-state index in [1.54, 1.807) is 27.7 Å². The molecule has 0 bridgehead atoms. The lowest BCUT2D eigenvalue weighted by Gasteiger charge is -2.28. The monoisotopic (exact) mass is 405 g/mol. The minimum absolute atomic E-state index is 0. The molecule has 156 valence electrons. The van der Waals surface area contributed by atoms with E-state index in [0.717, 1.165) is 0 Å². The molecule has 0 aliphatic carbocycles. The maximum absolute atomic E-state index is 12.8. The van der Waals surface area contributed by atoms with Gasteiger partial charge in [0.1, 0.15) is 12.1 Å². The van der Waals surface area contributed by atoms with Crippen molar-refractivity contribution in [1.29, 1.82) is 0 Å². The third kappa shape index (κ3) is 7.34. The molecule has 9 nitrogen and oxygen atoms in total. The number of hydrogen-bond donors (Lipinski definition) is 5. The van der Waals surface area contributed by atoms with Gasteiger partial charge >= 0.3 is 0 Å². The van der Waals surface area contributed by atoms with Crippen LogP contribution in [0.3, 0.4) is 0 Å². The SMILES string of the molecule is CCNC(=O)C(C)NC(=O)CC1(C(=O)NC(C)C(=O)NCC)CCNC1.Cl. The summed E-state index contributed by atoms with van der Waals surface area (Å²) in [5.74, 6) is -1.24. The lowest BCUT2D eigenvalue weighted by atomic mass is 9.81. The Hall–Kier alpha value is -1.87. The zero-order valence-electron chi connectivity index (χ0n) is 16.4. The highest BCUT2D eigenvalue weighted by Crippen LogP contribution is 2.30. The average Bonchev–Trinajstić information content (AvgIpc) is 3.04. The first kappa shape index (κ1) is 25.1. The van der Waals surface area contributed by atoms with Crippen LogP contribution in [0.2, 0.25) is 0 Å². The molecule has 3 unspecified atom stereocenters. The fraction of sp³-hybridized carbons (Fsp3) is 0.765. The average molecular weight is 406 g/mol. The highest BCUT2D eigenvalue weighted by atomic mass is 35.5. The van der Waals surface area contributed by atoms with Crippen LogP contribution in [-0.2, 0) is 19.2 Å². The van der Waals surface area contributed by atoms with Crippen molar-refractivity contribution < 1.29 is 19.2 Å². The Morgan fingerprint density at radius 3 is 1.93 bits per heavy atom. The predicted octanol–water partition coefficient (Wildman–Crippen LogP) is -0.940. The zero-order chi connectivity index (χ0) is 19.7. The van der Waals surface area contributed by atoms with Crippen LogP contribution in [0.5, 0.6) is 0 Å². The third-order valence-corrected chi connectivity index (χ3v) is 4.44. The fourth-order valence-electron chi connectivity index (χ4n) is 2.90. The van der Waals surface area contributed by atoms with Gasteiger partial charge in [-0.05, 0) is 40.7 Å². The molecule has 3 atom stereocenters. The van der Waals surface area contributed by atoms with Gasteiger partial charge in [-0.3, -0.25) is 19.2 Å². The molecule has 27 heavy (non-hydrogen) atoms. The quantitative estimate of drug-likeness (QED) is 0.338. The number of hydrogen-bond acceptors (Lipinski definition) is 5. The molecule has 0 radical (unpaired) electrons. The maximum atomic E-state index is 12.8. The minimum atomic E-state index is -0.925. The first-order chi connectivity index (χ1) is 12.3. The van der Waals surface area contributed by atoms with Crippen molar-refractivity contribution in [2.75, 3.05) is 26.2 Å². The standard InChI is InChI=1S/C17H31N5O4.ClH/c1-5-19-14(24)11(3)21-13(23)9-17(7-8-18-10-17)16(26)22-12(4)15(25)20-6-2;/h11-12,18H,5-10H2,1-4H3,(H,19,24)(H,20,25)(H,21,23)(H,22,26);1H. The van der Waals surface area contributed by atoms with Gasteiger partial charge in [0.15, 0.2) is 0 Å². The smallest absolute Gasteiger partial charge is 0.242 e. The summed E-state index contributed by atoms with van der Waals surface area (Å²) in [4.78, 5) is 48.7. The Labute approximate surface area is 166 Å². The van der Waals surface area contributed by atoms with Gasteiger partial charge in [-0.1, -0.05) is 0 Å². The molecule has 1 aliphatic heterocycles. The summed E-state index contributed by atoms with van der Waals surface area (Å²) in [5, 5.41) is 13.7. The van der Waals surface area contributed by atoms with Crippen molar-refractivity contribution in [2.24, 2.45) is 5.41 Å². The van der Waals surface area contributed by atoms with Crippen molar-refractivity contribution in [2.45, 2.75) is 52.6 Å². The molecule has 10 heteroatoms. The number of likely N-dealkylation sites (N-methyl/N-ethyl adjacent to an activating group) is 2. The molecule has 5 N–H and O–H groups in total. The second kappa shape index (κ2) is 11.8. The summed E-state index contributed by atoms with van der Waals surface area (Å²) in [7, 11) is 0. The zero-order valence-corrected chi connectivity index (χ0v) is 17.3. The van der Waals surface area contributed by atoms with Gasteiger partial charge in [0.2, 0.25) is 23.6 Å². The van der Waals surface area contributed by atoms with Gasteiger partial charge in [0.05, 0.1) is 5.41 Å². The van der Waals surface area contributed by atoms with E-state index in [4.69, 9.17) is 0 Å².